The van der Waals surface area contributed by atoms with Gasteiger partial charge < -0.3 is 14.5 Å². The van der Waals surface area contributed by atoms with Gasteiger partial charge in [0.25, 0.3) is 0 Å². The number of piperidine rings is 1. The molecule has 1 saturated heterocycles. The van der Waals surface area contributed by atoms with E-state index in [9.17, 15) is 13.2 Å². The third kappa shape index (κ3) is 7.43. The highest BCUT2D eigenvalue weighted by Crippen LogP contribution is 2.28. The van der Waals surface area contributed by atoms with Crippen LogP contribution in [0.1, 0.15) is 24.0 Å². The normalized spacial score (nSPS) is 14.9. The molecule has 3 rings (SSSR count). The Bertz CT molecular complexity index is 1130. The summed E-state index contributed by atoms with van der Waals surface area (Å²) in [7, 11) is 3.19. The predicted molar refractivity (Wildman–Crippen MR) is 147 cm³/mol. The molecule has 0 spiro atoms. The van der Waals surface area contributed by atoms with Crippen LogP contribution >= 0.6 is 0 Å². The number of benzene rings is 1. The zero-order valence-electron chi connectivity index (χ0n) is 23.0. The minimum atomic E-state index is -3.66. The highest BCUT2D eigenvalue weighted by atomic mass is 32.2. The van der Waals surface area contributed by atoms with Crippen LogP contribution in [-0.4, -0.2) is 101 Å². The first-order valence-electron chi connectivity index (χ1n) is 12.7. The summed E-state index contributed by atoms with van der Waals surface area (Å²) < 4.78 is 33.1. The molecule has 2 aromatic rings. The zero-order chi connectivity index (χ0) is 27.2. The fourth-order valence-corrected chi connectivity index (χ4v) is 6.44. The van der Waals surface area contributed by atoms with Crippen LogP contribution in [0.2, 0.25) is 0 Å². The molecule has 0 aliphatic carbocycles. The second-order valence-corrected chi connectivity index (χ2v) is 12.0. The van der Waals surface area contributed by atoms with Crippen molar-refractivity contribution < 1.29 is 17.9 Å². The number of carbonyl (C=O) groups is 1. The molecule has 0 N–H and O–H groups in total. The Hall–Kier alpha value is -2.69. The number of pyridine rings is 1. The number of rotatable bonds is 11. The van der Waals surface area contributed by atoms with Gasteiger partial charge in [-0.2, -0.15) is 4.31 Å². The van der Waals surface area contributed by atoms with Gasteiger partial charge in [-0.15, -0.1) is 0 Å². The van der Waals surface area contributed by atoms with E-state index >= 15 is 0 Å². The number of methoxy groups -OCH3 is 1. The van der Waals surface area contributed by atoms with Crippen molar-refractivity contribution in [3.63, 3.8) is 0 Å². The molecule has 37 heavy (non-hydrogen) atoms. The molecule has 2 heterocycles. The van der Waals surface area contributed by atoms with Crippen molar-refractivity contribution in [3.05, 3.63) is 47.8 Å². The summed E-state index contributed by atoms with van der Waals surface area (Å²) in [6.07, 6.45) is 5.72. The molecule has 0 unspecified atom stereocenters. The van der Waals surface area contributed by atoms with E-state index in [-0.39, 0.29) is 19.0 Å². The molecule has 1 fully saturated rings. The number of amides is 1. The van der Waals surface area contributed by atoms with Gasteiger partial charge in [0.05, 0.1) is 18.6 Å². The first-order chi connectivity index (χ1) is 17.5. The summed E-state index contributed by atoms with van der Waals surface area (Å²) in [5, 5.41) is 0. The van der Waals surface area contributed by atoms with Crippen molar-refractivity contribution in [2.24, 2.45) is 5.92 Å². The molecule has 0 radical (unpaired) electrons. The first-order valence-corrected chi connectivity index (χ1v) is 14.2. The maximum atomic E-state index is 13.2. The van der Waals surface area contributed by atoms with E-state index < -0.39 is 10.0 Å². The summed E-state index contributed by atoms with van der Waals surface area (Å²) in [6.45, 7) is 7.24. The van der Waals surface area contributed by atoms with Gasteiger partial charge in [0.2, 0.25) is 15.9 Å². The van der Waals surface area contributed by atoms with Crippen molar-refractivity contribution >= 4 is 21.6 Å². The van der Waals surface area contributed by atoms with Gasteiger partial charge >= 0.3 is 0 Å². The van der Waals surface area contributed by atoms with Crippen LogP contribution in [0.4, 0.5) is 5.69 Å². The topological polar surface area (TPSA) is 86.3 Å². The van der Waals surface area contributed by atoms with Gasteiger partial charge in [-0.05, 0) is 75.0 Å². The van der Waals surface area contributed by atoms with Crippen LogP contribution in [0.25, 0.3) is 0 Å². The Balaban J connectivity index is 1.46. The van der Waals surface area contributed by atoms with Gasteiger partial charge in [-0.1, -0.05) is 0 Å². The lowest BCUT2D eigenvalue weighted by molar-refractivity contribution is -0.131. The summed E-state index contributed by atoms with van der Waals surface area (Å²) >= 11 is 0. The standard InChI is InChI=1S/C27H41N5O4S/c1-21-17-25(36-6)18-22(2)27(21)37(34,35)31(5)16-15-29(3)20-26(33)30(4)19-23-9-13-32(14-10-23)24-7-11-28-12-8-24/h7-8,11-12,17-18,23H,9-10,13-16,19-20H2,1-6H3. The van der Waals surface area contributed by atoms with Crippen LogP contribution in [0.3, 0.4) is 0 Å². The number of aromatic nitrogens is 1. The van der Waals surface area contributed by atoms with E-state index in [1.54, 1.807) is 40.1 Å². The number of likely N-dealkylation sites (N-methyl/N-ethyl adjacent to an activating group) is 3. The largest absolute Gasteiger partial charge is 0.497 e. The van der Waals surface area contributed by atoms with Crippen molar-refractivity contribution in [1.82, 2.24) is 19.1 Å². The third-order valence-corrected chi connectivity index (χ3v) is 9.30. The van der Waals surface area contributed by atoms with Crippen molar-refractivity contribution in [2.45, 2.75) is 31.6 Å². The summed E-state index contributed by atoms with van der Waals surface area (Å²) in [4.78, 5) is 23.3. The monoisotopic (exact) mass is 531 g/mol. The summed E-state index contributed by atoms with van der Waals surface area (Å²) in [6, 6.07) is 7.54. The fraction of sp³-hybridized carbons (Fsp3) is 0.556. The van der Waals surface area contributed by atoms with Crippen LogP contribution < -0.4 is 9.64 Å². The molecular formula is C27H41N5O4S. The van der Waals surface area contributed by atoms with E-state index in [4.69, 9.17) is 4.74 Å². The second kappa shape index (κ2) is 12.7. The first kappa shape index (κ1) is 28.9. The predicted octanol–water partition coefficient (Wildman–Crippen LogP) is 2.63. The Morgan fingerprint density at radius 3 is 2.22 bits per heavy atom. The average molecular weight is 532 g/mol. The molecule has 0 bridgehead atoms. The van der Waals surface area contributed by atoms with Gasteiger partial charge in [0, 0.05) is 64.9 Å². The molecule has 1 aliphatic rings. The molecule has 0 saturated carbocycles. The van der Waals surface area contributed by atoms with Crippen LogP contribution in [-0.2, 0) is 14.8 Å². The fourth-order valence-electron chi connectivity index (χ4n) is 4.87. The second-order valence-electron chi connectivity index (χ2n) is 10.1. The van der Waals surface area contributed by atoms with Gasteiger partial charge in [-0.3, -0.25) is 14.7 Å². The van der Waals surface area contributed by atoms with E-state index in [0.717, 1.165) is 32.5 Å². The highest BCUT2D eigenvalue weighted by Gasteiger charge is 2.26. The highest BCUT2D eigenvalue weighted by molar-refractivity contribution is 7.89. The van der Waals surface area contributed by atoms with Crippen LogP contribution in [0.5, 0.6) is 5.75 Å². The molecule has 9 nitrogen and oxygen atoms in total. The van der Waals surface area contributed by atoms with Crippen LogP contribution in [0, 0.1) is 19.8 Å². The number of sulfonamides is 1. The smallest absolute Gasteiger partial charge is 0.243 e. The quantitative estimate of drug-likeness (QED) is 0.441. The van der Waals surface area contributed by atoms with E-state index in [2.05, 4.69) is 9.88 Å². The molecule has 10 heteroatoms. The van der Waals surface area contributed by atoms with Gasteiger partial charge in [-0.25, -0.2) is 8.42 Å². The Morgan fingerprint density at radius 2 is 1.65 bits per heavy atom. The molecule has 1 amide bonds. The average Bonchev–Trinajstić information content (AvgIpc) is 2.87. The minimum Gasteiger partial charge on any atom is -0.497 e. The Morgan fingerprint density at radius 1 is 1.05 bits per heavy atom. The summed E-state index contributed by atoms with van der Waals surface area (Å²) in [5.74, 6) is 1.16. The SMILES string of the molecule is COc1cc(C)c(S(=O)(=O)N(C)CCN(C)CC(=O)N(C)CC2CCN(c3ccncc3)CC2)c(C)c1. The van der Waals surface area contributed by atoms with E-state index in [0.29, 0.717) is 34.2 Å². The lowest BCUT2D eigenvalue weighted by Crippen LogP contribution is -2.43. The van der Waals surface area contributed by atoms with Crippen molar-refractivity contribution in [2.75, 3.05) is 72.4 Å². The summed E-state index contributed by atoms with van der Waals surface area (Å²) in [5.41, 5.74) is 2.50. The van der Waals surface area contributed by atoms with E-state index in [1.165, 1.54) is 9.99 Å². The zero-order valence-corrected chi connectivity index (χ0v) is 23.8. The number of carbonyl (C=O) groups excluding carboxylic acids is 1. The number of aryl methyl sites for hydroxylation is 2. The van der Waals surface area contributed by atoms with Crippen molar-refractivity contribution in [1.29, 1.82) is 0 Å². The maximum absolute atomic E-state index is 13.2. The minimum absolute atomic E-state index is 0.0476. The van der Waals surface area contributed by atoms with Crippen molar-refractivity contribution in [3.8, 4) is 5.75 Å². The molecule has 1 aromatic heterocycles. The molecule has 1 aromatic carbocycles. The molecule has 0 atom stereocenters. The molecular weight excluding hydrogens is 490 g/mol. The number of anilines is 1. The number of nitrogens with zero attached hydrogens (tertiary/aromatic N) is 5. The van der Waals surface area contributed by atoms with E-state index in [1.807, 2.05) is 48.4 Å². The number of hydrogen-bond donors (Lipinski definition) is 0. The Kier molecular flexibility index (Phi) is 9.92. The maximum Gasteiger partial charge on any atom is 0.243 e. The van der Waals surface area contributed by atoms with Gasteiger partial charge in [0.1, 0.15) is 5.75 Å². The lowest BCUT2D eigenvalue weighted by atomic mass is 9.96. The lowest BCUT2D eigenvalue weighted by Gasteiger charge is -2.35. The Labute approximate surface area is 222 Å². The molecule has 1 aliphatic heterocycles. The number of hydrogen-bond acceptors (Lipinski definition) is 7. The van der Waals surface area contributed by atoms with Gasteiger partial charge in [0.15, 0.2) is 0 Å². The van der Waals surface area contributed by atoms with Crippen LogP contribution in [0.15, 0.2) is 41.6 Å². The number of ether oxygens (including phenoxy) is 1. The third-order valence-electron chi connectivity index (χ3n) is 7.14. The molecule has 204 valence electrons.